The Bertz CT molecular complexity index is 849. The highest BCUT2D eigenvalue weighted by Crippen LogP contribution is 2.21. The summed E-state index contributed by atoms with van der Waals surface area (Å²) in [6, 6.07) is 12.0. The fourth-order valence-corrected chi connectivity index (χ4v) is 4.83. The van der Waals surface area contributed by atoms with Crippen LogP contribution in [0.2, 0.25) is 0 Å². The Morgan fingerprint density at radius 2 is 1.87 bits per heavy atom. The number of nitrogens with one attached hydrogen (secondary N) is 1. The molecule has 0 spiro atoms. The first kappa shape index (κ1) is 21.0. The largest absolute Gasteiger partial charge is 0.379 e. The normalized spacial score (nSPS) is 20.1. The Hall–Kier alpha value is -2.22. The van der Waals surface area contributed by atoms with E-state index in [0.717, 1.165) is 62.7 Å². The second-order valence-corrected chi connectivity index (χ2v) is 8.89. The first-order chi connectivity index (χ1) is 14.7. The van der Waals surface area contributed by atoms with Crippen molar-refractivity contribution < 1.29 is 14.3 Å². The number of benzene rings is 1. The van der Waals surface area contributed by atoms with E-state index < -0.39 is 0 Å². The second kappa shape index (κ2) is 10.2. The molecule has 1 aromatic carbocycles. The number of carbonyl (C=O) groups excluding carboxylic acids is 2. The van der Waals surface area contributed by atoms with Gasteiger partial charge >= 0.3 is 0 Å². The van der Waals surface area contributed by atoms with Crippen LogP contribution >= 0.6 is 11.3 Å². The third-order valence-electron chi connectivity index (χ3n) is 5.88. The Morgan fingerprint density at radius 1 is 1.07 bits per heavy atom. The van der Waals surface area contributed by atoms with E-state index in [1.54, 1.807) is 0 Å². The Kier molecular flexibility index (Phi) is 7.15. The van der Waals surface area contributed by atoms with Gasteiger partial charge in [-0.05, 0) is 35.4 Å². The summed E-state index contributed by atoms with van der Waals surface area (Å²) in [5.74, 6) is -0.0627. The van der Waals surface area contributed by atoms with Crippen LogP contribution in [0.5, 0.6) is 0 Å². The average molecular weight is 428 g/mol. The third-order valence-corrected chi connectivity index (χ3v) is 6.74. The van der Waals surface area contributed by atoms with E-state index in [1.165, 1.54) is 16.9 Å². The molecule has 2 aliphatic heterocycles. The molecule has 4 rings (SSSR count). The van der Waals surface area contributed by atoms with E-state index in [-0.39, 0.29) is 17.7 Å². The molecule has 30 heavy (non-hydrogen) atoms. The molecule has 2 aromatic rings. The van der Waals surface area contributed by atoms with Crippen molar-refractivity contribution in [3.05, 3.63) is 57.8 Å². The summed E-state index contributed by atoms with van der Waals surface area (Å²) in [6.45, 7) is 6.06. The van der Waals surface area contributed by atoms with Gasteiger partial charge in [0.2, 0.25) is 5.91 Å². The molecule has 2 aliphatic rings. The van der Waals surface area contributed by atoms with Gasteiger partial charge < -0.3 is 15.0 Å². The quantitative estimate of drug-likeness (QED) is 0.770. The SMILES string of the molecule is O=C(NCc1ccccc1CN1CCOCC1)[C@H]1CCCN(C(=O)c2cccs2)C1. The van der Waals surface area contributed by atoms with Crippen molar-refractivity contribution in [3.8, 4) is 0 Å². The lowest BCUT2D eigenvalue weighted by molar-refractivity contribution is -0.126. The predicted octanol–water partition coefficient (Wildman–Crippen LogP) is 2.75. The average Bonchev–Trinajstić information content (AvgIpc) is 3.33. The first-order valence-corrected chi connectivity index (χ1v) is 11.6. The van der Waals surface area contributed by atoms with Crippen molar-refractivity contribution >= 4 is 23.2 Å². The van der Waals surface area contributed by atoms with E-state index in [2.05, 4.69) is 28.4 Å². The van der Waals surface area contributed by atoms with Crippen LogP contribution in [-0.2, 0) is 22.6 Å². The number of thiophene rings is 1. The number of piperidine rings is 1. The minimum Gasteiger partial charge on any atom is -0.379 e. The molecule has 2 fully saturated rings. The summed E-state index contributed by atoms with van der Waals surface area (Å²) in [6.07, 6.45) is 1.69. The van der Waals surface area contributed by atoms with Gasteiger partial charge in [-0.2, -0.15) is 0 Å². The molecule has 2 saturated heterocycles. The van der Waals surface area contributed by atoms with Gasteiger partial charge in [0.25, 0.3) is 5.91 Å². The highest BCUT2D eigenvalue weighted by atomic mass is 32.1. The van der Waals surface area contributed by atoms with E-state index >= 15 is 0 Å². The lowest BCUT2D eigenvalue weighted by Crippen LogP contribution is -2.45. The number of nitrogens with zero attached hydrogens (tertiary/aromatic N) is 2. The first-order valence-electron chi connectivity index (χ1n) is 10.7. The van der Waals surface area contributed by atoms with Crippen molar-refractivity contribution in [2.24, 2.45) is 5.92 Å². The zero-order chi connectivity index (χ0) is 20.8. The standard InChI is InChI=1S/C23H29N3O3S/c27-22(20-7-3-9-26(17-20)23(28)21-8-4-14-30-21)24-15-18-5-1-2-6-19(18)16-25-10-12-29-13-11-25/h1-2,4-6,8,14,20H,3,7,9-13,15-17H2,(H,24,27)/t20-/m0/s1. The third kappa shape index (κ3) is 5.28. The molecular formula is C23H29N3O3S. The van der Waals surface area contributed by atoms with Crippen LogP contribution in [-0.4, -0.2) is 61.0 Å². The fourth-order valence-electron chi connectivity index (χ4n) is 4.14. The summed E-state index contributed by atoms with van der Waals surface area (Å²) < 4.78 is 5.44. The molecule has 160 valence electrons. The van der Waals surface area contributed by atoms with Crippen LogP contribution < -0.4 is 5.32 Å². The summed E-state index contributed by atoms with van der Waals surface area (Å²) in [5, 5.41) is 5.04. The van der Waals surface area contributed by atoms with Crippen LogP contribution in [0.4, 0.5) is 0 Å². The van der Waals surface area contributed by atoms with Gasteiger partial charge in [-0.15, -0.1) is 11.3 Å². The van der Waals surface area contributed by atoms with Gasteiger partial charge in [-0.3, -0.25) is 14.5 Å². The molecule has 0 radical (unpaired) electrons. The summed E-state index contributed by atoms with van der Waals surface area (Å²) in [5.41, 5.74) is 2.40. The van der Waals surface area contributed by atoms with Crippen molar-refractivity contribution in [2.45, 2.75) is 25.9 Å². The predicted molar refractivity (Wildman–Crippen MR) is 117 cm³/mol. The molecule has 3 heterocycles. The molecule has 7 heteroatoms. The van der Waals surface area contributed by atoms with Crippen LogP contribution in [0.15, 0.2) is 41.8 Å². The molecule has 0 unspecified atom stereocenters. The van der Waals surface area contributed by atoms with Crippen LogP contribution in [0.1, 0.15) is 33.6 Å². The summed E-state index contributed by atoms with van der Waals surface area (Å²) >= 11 is 1.45. The van der Waals surface area contributed by atoms with E-state index in [0.29, 0.717) is 13.1 Å². The molecule has 0 aliphatic carbocycles. The highest BCUT2D eigenvalue weighted by Gasteiger charge is 2.29. The number of hydrogen-bond acceptors (Lipinski definition) is 5. The minimum absolute atomic E-state index is 0.0401. The van der Waals surface area contributed by atoms with Crippen molar-refractivity contribution in [1.82, 2.24) is 15.1 Å². The van der Waals surface area contributed by atoms with Gasteiger partial charge in [0, 0.05) is 39.3 Å². The molecule has 0 saturated carbocycles. The van der Waals surface area contributed by atoms with Gasteiger partial charge in [-0.1, -0.05) is 30.3 Å². The highest BCUT2D eigenvalue weighted by molar-refractivity contribution is 7.12. The van der Waals surface area contributed by atoms with Crippen molar-refractivity contribution in [3.63, 3.8) is 0 Å². The molecule has 0 bridgehead atoms. The number of ether oxygens (including phenoxy) is 1. The van der Waals surface area contributed by atoms with E-state index in [1.807, 2.05) is 28.5 Å². The summed E-state index contributed by atoms with van der Waals surface area (Å²) in [4.78, 5) is 30.4. The Morgan fingerprint density at radius 3 is 2.63 bits per heavy atom. The molecular weight excluding hydrogens is 398 g/mol. The van der Waals surface area contributed by atoms with Gasteiger partial charge in [-0.25, -0.2) is 0 Å². The van der Waals surface area contributed by atoms with Crippen molar-refractivity contribution in [2.75, 3.05) is 39.4 Å². The van der Waals surface area contributed by atoms with Crippen LogP contribution in [0.25, 0.3) is 0 Å². The number of rotatable bonds is 6. The molecule has 1 N–H and O–H groups in total. The second-order valence-electron chi connectivity index (χ2n) is 7.94. The topological polar surface area (TPSA) is 61.9 Å². The summed E-state index contributed by atoms with van der Waals surface area (Å²) in [7, 11) is 0. The number of carbonyl (C=O) groups is 2. The van der Waals surface area contributed by atoms with E-state index in [4.69, 9.17) is 4.74 Å². The lowest BCUT2D eigenvalue weighted by Gasteiger charge is -2.32. The Balaban J connectivity index is 1.32. The van der Waals surface area contributed by atoms with E-state index in [9.17, 15) is 9.59 Å². The smallest absolute Gasteiger partial charge is 0.263 e. The number of likely N-dealkylation sites (tertiary alicyclic amines) is 1. The zero-order valence-electron chi connectivity index (χ0n) is 17.2. The number of amides is 2. The number of hydrogen-bond donors (Lipinski definition) is 1. The lowest BCUT2D eigenvalue weighted by atomic mass is 9.96. The fraction of sp³-hybridized carbons (Fsp3) is 0.478. The molecule has 2 amide bonds. The molecule has 1 aromatic heterocycles. The van der Waals surface area contributed by atoms with Gasteiger partial charge in [0.15, 0.2) is 0 Å². The van der Waals surface area contributed by atoms with Gasteiger partial charge in [0.05, 0.1) is 24.0 Å². The minimum atomic E-state index is -0.144. The molecule has 6 nitrogen and oxygen atoms in total. The maximum atomic E-state index is 12.9. The van der Waals surface area contributed by atoms with Crippen LogP contribution in [0.3, 0.4) is 0 Å². The van der Waals surface area contributed by atoms with Gasteiger partial charge in [0.1, 0.15) is 0 Å². The molecule has 1 atom stereocenters. The van der Waals surface area contributed by atoms with Crippen LogP contribution in [0, 0.1) is 5.92 Å². The van der Waals surface area contributed by atoms with Crippen molar-refractivity contribution in [1.29, 1.82) is 0 Å². The zero-order valence-corrected chi connectivity index (χ0v) is 18.0. The monoisotopic (exact) mass is 427 g/mol. The maximum absolute atomic E-state index is 12.9. The number of morpholine rings is 1. The maximum Gasteiger partial charge on any atom is 0.263 e. The Labute approximate surface area is 181 Å².